The number of nitrogens with zero attached hydrogens (tertiary/aromatic N) is 2. The van der Waals surface area contributed by atoms with Gasteiger partial charge < -0.3 is 4.74 Å². The Bertz CT molecular complexity index is 516. The molecule has 0 saturated heterocycles. The molecular weight excluding hydrogens is 240 g/mol. The van der Waals surface area contributed by atoms with Crippen molar-refractivity contribution in [1.82, 2.24) is 15.4 Å². The number of nitrogens with one attached hydrogen (secondary N) is 1. The summed E-state index contributed by atoms with van der Waals surface area (Å²) in [5.41, 5.74) is 4.59. The van der Waals surface area contributed by atoms with Crippen molar-refractivity contribution >= 4 is 0 Å². The summed E-state index contributed by atoms with van der Waals surface area (Å²) in [5.74, 6) is 6.46. The van der Waals surface area contributed by atoms with Gasteiger partial charge in [-0.1, -0.05) is 12.1 Å². The summed E-state index contributed by atoms with van der Waals surface area (Å²) >= 11 is 0. The van der Waals surface area contributed by atoms with Gasteiger partial charge in [0.25, 0.3) is 0 Å². The molecule has 2 rings (SSSR count). The zero-order valence-electron chi connectivity index (χ0n) is 11.1. The molecule has 0 radical (unpaired) electrons. The number of nitrogens with two attached hydrogens (primary N) is 1. The molecule has 1 heterocycles. The van der Waals surface area contributed by atoms with Crippen molar-refractivity contribution in [3.63, 3.8) is 0 Å². The minimum atomic E-state index is -0.182. The molecule has 0 aliphatic carbocycles. The van der Waals surface area contributed by atoms with Crippen molar-refractivity contribution in [3.8, 4) is 5.75 Å². The van der Waals surface area contributed by atoms with Crippen LogP contribution in [0.25, 0.3) is 0 Å². The average Bonchev–Trinajstić information content (AvgIpc) is 2.40. The zero-order chi connectivity index (χ0) is 13.7. The van der Waals surface area contributed by atoms with Crippen molar-refractivity contribution in [2.75, 3.05) is 0 Å². The van der Waals surface area contributed by atoms with Crippen LogP contribution in [0.3, 0.4) is 0 Å². The molecule has 1 atom stereocenters. The fourth-order valence-electron chi connectivity index (χ4n) is 1.86. The van der Waals surface area contributed by atoms with E-state index in [0.29, 0.717) is 0 Å². The standard InChI is InChI=1S/C14H18N4O/c1-10(2)19-12-5-3-4-11(8-12)14(18-15)13-6-7-16-9-17-13/h3-10,14,18H,15H2,1-2H3. The molecule has 5 heteroatoms. The van der Waals surface area contributed by atoms with Crippen LogP contribution in [0, 0.1) is 0 Å². The average molecular weight is 258 g/mol. The summed E-state index contributed by atoms with van der Waals surface area (Å²) in [5, 5.41) is 0. The molecule has 5 nitrogen and oxygen atoms in total. The lowest BCUT2D eigenvalue weighted by molar-refractivity contribution is 0.242. The summed E-state index contributed by atoms with van der Waals surface area (Å²) in [7, 11) is 0. The van der Waals surface area contributed by atoms with Crippen LogP contribution in [0.4, 0.5) is 0 Å². The van der Waals surface area contributed by atoms with Crippen molar-refractivity contribution in [2.24, 2.45) is 5.84 Å². The highest BCUT2D eigenvalue weighted by atomic mass is 16.5. The summed E-state index contributed by atoms with van der Waals surface area (Å²) in [4.78, 5) is 8.13. The number of hydrogen-bond donors (Lipinski definition) is 2. The number of rotatable bonds is 5. The molecule has 0 saturated carbocycles. The highest BCUT2D eigenvalue weighted by Gasteiger charge is 2.14. The van der Waals surface area contributed by atoms with E-state index in [0.717, 1.165) is 17.0 Å². The van der Waals surface area contributed by atoms with Crippen LogP contribution >= 0.6 is 0 Å². The lowest BCUT2D eigenvalue weighted by Crippen LogP contribution is -2.29. The third-order valence-corrected chi connectivity index (χ3v) is 2.63. The van der Waals surface area contributed by atoms with Crippen LogP contribution in [0.5, 0.6) is 5.75 Å². The van der Waals surface area contributed by atoms with Gasteiger partial charge in [-0.15, -0.1) is 0 Å². The van der Waals surface area contributed by atoms with Gasteiger partial charge in [0.2, 0.25) is 0 Å². The molecular formula is C14H18N4O. The van der Waals surface area contributed by atoms with E-state index >= 15 is 0 Å². The molecule has 1 aromatic heterocycles. The van der Waals surface area contributed by atoms with Crippen LogP contribution < -0.4 is 16.0 Å². The van der Waals surface area contributed by atoms with E-state index in [-0.39, 0.29) is 12.1 Å². The molecule has 1 aromatic carbocycles. The minimum Gasteiger partial charge on any atom is -0.491 e. The van der Waals surface area contributed by atoms with E-state index < -0.39 is 0 Å². The molecule has 0 spiro atoms. The Hall–Kier alpha value is -1.98. The number of aromatic nitrogens is 2. The SMILES string of the molecule is CC(C)Oc1cccc(C(NN)c2ccncn2)c1. The zero-order valence-corrected chi connectivity index (χ0v) is 11.1. The van der Waals surface area contributed by atoms with Gasteiger partial charge in [-0.3, -0.25) is 5.84 Å². The number of hydrazine groups is 1. The van der Waals surface area contributed by atoms with Crippen molar-refractivity contribution in [1.29, 1.82) is 0 Å². The Labute approximate surface area is 112 Å². The first-order valence-corrected chi connectivity index (χ1v) is 6.19. The fraction of sp³-hybridized carbons (Fsp3) is 0.286. The Balaban J connectivity index is 2.28. The molecule has 0 aliphatic rings. The maximum absolute atomic E-state index is 5.68. The molecule has 19 heavy (non-hydrogen) atoms. The van der Waals surface area contributed by atoms with E-state index in [1.807, 2.05) is 44.2 Å². The second-order valence-corrected chi connectivity index (χ2v) is 4.47. The summed E-state index contributed by atoms with van der Waals surface area (Å²) < 4.78 is 5.68. The molecule has 0 amide bonds. The van der Waals surface area contributed by atoms with Crippen LogP contribution in [0.2, 0.25) is 0 Å². The summed E-state index contributed by atoms with van der Waals surface area (Å²) in [6.07, 6.45) is 3.34. The maximum atomic E-state index is 5.68. The molecule has 0 fully saturated rings. The lowest BCUT2D eigenvalue weighted by atomic mass is 10.0. The van der Waals surface area contributed by atoms with Gasteiger partial charge in [0.15, 0.2) is 0 Å². The number of benzene rings is 1. The third kappa shape index (κ3) is 3.49. The Kier molecular flexibility index (Phi) is 4.43. The normalized spacial score (nSPS) is 12.4. The Morgan fingerprint density at radius 3 is 2.74 bits per heavy atom. The quantitative estimate of drug-likeness (QED) is 0.632. The van der Waals surface area contributed by atoms with Crippen molar-refractivity contribution in [3.05, 3.63) is 54.1 Å². The second-order valence-electron chi connectivity index (χ2n) is 4.47. The van der Waals surface area contributed by atoms with Gasteiger partial charge in [0.1, 0.15) is 12.1 Å². The van der Waals surface area contributed by atoms with Crippen LogP contribution in [0.1, 0.15) is 31.1 Å². The van der Waals surface area contributed by atoms with E-state index in [4.69, 9.17) is 10.6 Å². The van der Waals surface area contributed by atoms with Gasteiger partial charge in [-0.05, 0) is 37.6 Å². The van der Waals surface area contributed by atoms with Gasteiger partial charge in [-0.25, -0.2) is 15.4 Å². The number of ether oxygens (including phenoxy) is 1. The summed E-state index contributed by atoms with van der Waals surface area (Å²) in [6, 6.07) is 9.47. The second kappa shape index (κ2) is 6.26. The first kappa shape index (κ1) is 13.5. The van der Waals surface area contributed by atoms with Crippen molar-refractivity contribution < 1.29 is 4.74 Å². The number of hydrogen-bond acceptors (Lipinski definition) is 5. The van der Waals surface area contributed by atoms with Gasteiger partial charge in [-0.2, -0.15) is 0 Å². The molecule has 0 bridgehead atoms. The first-order valence-electron chi connectivity index (χ1n) is 6.19. The van der Waals surface area contributed by atoms with Crippen LogP contribution in [-0.4, -0.2) is 16.1 Å². The first-order chi connectivity index (χ1) is 9.20. The monoisotopic (exact) mass is 258 g/mol. The van der Waals surface area contributed by atoms with Crippen LogP contribution in [-0.2, 0) is 0 Å². The maximum Gasteiger partial charge on any atom is 0.120 e. The highest BCUT2D eigenvalue weighted by Crippen LogP contribution is 2.23. The van der Waals surface area contributed by atoms with Gasteiger partial charge in [0, 0.05) is 6.20 Å². The van der Waals surface area contributed by atoms with Crippen LogP contribution in [0.15, 0.2) is 42.9 Å². The van der Waals surface area contributed by atoms with Gasteiger partial charge in [0.05, 0.1) is 17.8 Å². The molecule has 3 N–H and O–H groups in total. The van der Waals surface area contributed by atoms with Crippen molar-refractivity contribution in [2.45, 2.75) is 26.0 Å². The highest BCUT2D eigenvalue weighted by molar-refractivity contribution is 5.34. The van der Waals surface area contributed by atoms with E-state index in [1.165, 1.54) is 6.33 Å². The molecule has 100 valence electrons. The van der Waals surface area contributed by atoms with Gasteiger partial charge >= 0.3 is 0 Å². The largest absolute Gasteiger partial charge is 0.491 e. The van der Waals surface area contributed by atoms with E-state index in [2.05, 4.69) is 15.4 Å². The predicted octanol–water partition coefficient (Wildman–Crippen LogP) is 1.82. The molecule has 2 aromatic rings. The topological polar surface area (TPSA) is 73.1 Å². The predicted molar refractivity (Wildman–Crippen MR) is 73.4 cm³/mol. The lowest BCUT2D eigenvalue weighted by Gasteiger charge is -2.17. The smallest absolute Gasteiger partial charge is 0.120 e. The Morgan fingerprint density at radius 1 is 1.26 bits per heavy atom. The molecule has 0 aliphatic heterocycles. The van der Waals surface area contributed by atoms with E-state index in [9.17, 15) is 0 Å². The fourth-order valence-corrected chi connectivity index (χ4v) is 1.86. The molecule has 1 unspecified atom stereocenters. The third-order valence-electron chi connectivity index (χ3n) is 2.63. The minimum absolute atomic E-state index is 0.138. The Morgan fingerprint density at radius 2 is 2.11 bits per heavy atom. The summed E-state index contributed by atoms with van der Waals surface area (Å²) in [6.45, 7) is 3.99. The van der Waals surface area contributed by atoms with E-state index in [1.54, 1.807) is 6.20 Å².